The topological polar surface area (TPSA) is 62.3 Å². The molecule has 0 atom stereocenters. The number of sulfonamides is 1. The molecule has 1 aliphatic rings. The van der Waals surface area contributed by atoms with E-state index in [1.807, 2.05) is 13.8 Å². The van der Waals surface area contributed by atoms with E-state index in [9.17, 15) is 8.42 Å². The molecule has 0 amide bonds. The first-order valence-electron chi connectivity index (χ1n) is 7.28. The zero-order valence-electron chi connectivity index (χ0n) is 12.2. The van der Waals surface area contributed by atoms with Crippen molar-refractivity contribution in [3.05, 3.63) is 18.3 Å². The van der Waals surface area contributed by atoms with Gasteiger partial charge in [0.15, 0.2) is 0 Å². The summed E-state index contributed by atoms with van der Waals surface area (Å²) >= 11 is 0. The van der Waals surface area contributed by atoms with E-state index in [0.29, 0.717) is 24.8 Å². The normalized spacial score (nSPS) is 15.6. The van der Waals surface area contributed by atoms with Gasteiger partial charge in [-0.1, -0.05) is 6.92 Å². The summed E-state index contributed by atoms with van der Waals surface area (Å²) in [6, 6.07) is 3.35. The Morgan fingerprint density at radius 2 is 2.10 bits per heavy atom. The van der Waals surface area contributed by atoms with Crippen LogP contribution < -0.4 is 5.32 Å². The molecular formula is C14H23N3O2S. The second-order valence-electron chi connectivity index (χ2n) is 5.22. The highest BCUT2D eigenvalue weighted by atomic mass is 32.2. The van der Waals surface area contributed by atoms with Gasteiger partial charge in [-0.15, -0.1) is 0 Å². The van der Waals surface area contributed by atoms with Gasteiger partial charge < -0.3 is 5.32 Å². The third kappa shape index (κ3) is 3.70. The number of pyridine rings is 1. The lowest BCUT2D eigenvalue weighted by molar-refractivity contribution is 0.395. The van der Waals surface area contributed by atoms with Crippen LogP contribution in [0.1, 0.15) is 33.1 Å². The number of nitrogens with zero attached hydrogens (tertiary/aromatic N) is 2. The fraction of sp³-hybridized carbons (Fsp3) is 0.643. The summed E-state index contributed by atoms with van der Waals surface area (Å²) in [6.45, 7) is 5.97. The van der Waals surface area contributed by atoms with Gasteiger partial charge in [0.25, 0.3) is 0 Å². The molecule has 0 spiro atoms. The quantitative estimate of drug-likeness (QED) is 0.800. The van der Waals surface area contributed by atoms with Gasteiger partial charge in [0, 0.05) is 25.8 Å². The van der Waals surface area contributed by atoms with Crippen molar-refractivity contribution in [1.82, 2.24) is 9.29 Å². The number of rotatable bonds is 8. The Bertz CT molecular complexity index is 524. The van der Waals surface area contributed by atoms with Crippen LogP contribution in [0.5, 0.6) is 0 Å². The molecule has 6 heteroatoms. The van der Waals surface area contributed by atoms with Crippen LogP contribution in [0, 0.1) is 5.92 Å². The third-order valence-electron chi connectivity index (χ3n) is 3.36. The van der Waals surface area contributed by atoms with Crippen molar-refractivity contribution >= 4 is 15.8 Å². The van der Waals surface area contributed by atoms with Gasteiger partial charge in [-0.2, -0.15) is 4.31 Å². The minimum absolute atomic E-state index is 0.285. The SMILES string of the molecule is CCCN(CC1CC1)S(=O)(=O)c1ccc(NCC)nc1. The summed E-state index contributed by atoms with van der Waals surface area (Å²) in [4.78, 5) is 4.44. The summed E-state index contributed by atoms with van der Waals surface area (Å²) < 4.78 is 26.8. The van der Waals surface area contributed by atoms with Crippen LogP contribution >= 0.6 is 0 Å². The van der Waals surface area contributed by atoms with Crippen molar-refractivity contribution in [3.8, 4) is 0 Å². The molecule has 0 unspecified atom stereocenters. The smallest absolute Gasteiger partial charge is 0.244 e. The molecule has 1 N–H and O–H groups in total. The molecule has 20 heavy (non-hydrogen) atoms. The van der Waals surface area contributed by atoms with Crippen LogP contribution in [-0.2, 0) is 10.0 Å². The zero-order chi connectivity index (χ0) is 14.6. The van der Waals surface area contributed by atoms with Gasteiger partial charge in [0.1, 0.15) is 10.7 Å². The molecule has 1 fully saturated rings. The third-order valence-corrected chi connectivity index (χ3v) is 5.21. The van der Waals surface area contributed by atoms with E-state index in [0.717, 1.165) is 25.8 Å². The first-order chi connectivity index (χ1) is 9.57. The fourth-order valence-electron chi connectivity index (χ4n) is 2.12. The molecule has 112 valence electrons. The van der Waals surface area contributed by atoms with E-state index in [1.165, 1.54) is 6.20 Å². The Balaban J connectivity index is 2.17. The van der Waals surface area contributed by atoms with Crippen LogP contribution in [0.15, 0.2) is 23.2 Å². The maximum Gasteiger partial charge on any atom is 0.244 e. The second-order valence-corrected chi connectivity index (χ2v) is 7.15. The van der Waals surface area contributed by atoms with E-state index in [2.05, 4.69) is 10.3 Å². The van der Waals surface area contributed by atoms with Gasteiger partial charge in [-0.3, -0.25) is 0 Å². The summed E-state index contributed by atoms with van der Waals surface area (Å²) in [7, 11) is -3.41. The highest BCUT2D eigenvalue weighted by molar-refractivity contribution is 7.89. The molecule has 0 aromatic carbocycles. The molecule has 2 rings (SSSR count). The van der Waals surface area contributed by atoms with E-state index in [-0.39, 0.29) is 4.90 Å². The summed E-state index contributed by atoms with van der Waals surface area (Å²) in [5.41, 5.74) is 0. The fourth-order valence-corrected chi connectivity index (χ4v) is 3.67. The average Bonchev–Trinajstić information content (AvgIpc) is 3.23. The number of aromatic nitrogens is 1. The van der Waals surface area contributed by atoms with E-state index in [1.54, 1.807) is 16.4 Å². The zero-order valence-corrected chi connectivity index (χ0v) is 13.0. The van der Waals surface area contributed by atoms with Gasteiger partial charge in [0.2, 0.25) is 10.0 Å². The van der Waals surface area contributed by atoms with Gasteiger partial charge >= 0.3 is 0 Å². The standard InChI is InChI=1S/C14H23N3O2S/c1-3-9-17(11-12-5-6-12)20(18,19)13-7-8-14(15-4-2)16-10-13/h7-8,10,12H,3-6,9,11H2,1-2H3,(H,15,16). The van der Waals surface area contributed by atoms with Crippen molar-refractivity contribution in [2.75, 3.05) is 25.0 Å². The number of hydrogen-bond donors (Lipinski definition) is 1. The lowest BCUT2D eigenvalue weighted by Gasteiger charge is -2.21. The minimum Gasteiger partial charge on any atom is -0.370 e. The Morgan fingerprint density at radius 1 is 1.35 bits per heavy atom. The predicted molar refractivity (Wildman–Crippen MR) is 80.2 cm³/mol. The highest BCUT2D eigenvalue weighted by Crippen LogP contribution is 2.31. The monoisotopic (exact) mass is 297 g/mol. The van der Waals surface area contributed by atoms with Crippen LogP contribution in [0.25, 0.3) is 0 Å². The lowest BCUT2D eigenvalue weighted by Crippen LogP contribution is -2.33. The van der Waals surface area contributed by atoms with Gasteiger partial charge in [-0.05, 0) is 44.2 Å². The maximum atomic E-state index is 12.6. The first-order valence-corrected chi connectivity index (χ1v) is 8.72. The number of nitrogens with one attached hydrogen (secondary N) is 1. The van der Waals surface area contributed by atoms with E-state index < -0.39 is 10.0 Å². The van der Waals surface area contributed by atoms with E-state index in [4.69, 9.17) is 0 Å². The van der Waals surface area contributed by atoms with Crippen molar-refractivity contribution in [3.63, 3.8) is 0 Å². The Labute approximate surface area is 121 Å². The number of anilines is 1. The summed E-state index contributed by atoms with van der Waals surface area (Å²) in [5, 5.41) is 3.06. The van der Waals surface area contributed by atoms with Crippen molar-refractivity contribution in [2.45, 2.75) is 38.0 Å². The van der Waals surface area contributed by atoms with Crippen molar-refractivity contribution in [2.24, 2.45) is 5.92 Å². The number of hydrogen-bond acceptors (Lipinski definition) is 4. The molecule has 1 aliphatic carbocycles. The molecule has 0 aliphatic heterocycles. The minimum atomic E-state index is -3.41. The Morgan fingerprint density at radius 3 is 2.60 bits per heavy atom. The van der Waals surface area contributed by atoms with Crippen molar-refractivity contribution in [1.29, 1.82) is 0 Å². The van der Waals surface area contributed by atoms with Gasteiger partial charge in [-0.25, -0.2) is 13.4 Å². The maximum absolute atomic E-state index is 12.6. The first kappa shape index (κ1) is 15.3. The summed E-state index contributed by atoms with van der Waals surface area (Å²) in [6.07, 6.45) is 4.57. The van der Waals surface area contributed by atoms with Crippen molar-refractivity contribution < 1.29 is 8.42 Å². The molecule has 5 nitrogen and oxygen atoms in total. The highest BCUT2D eigenvalue weighted by Gasteiger charge is 2.31. The molecule has 1 aromatic rings. The largest absolute Gasteiger partial charge is 0.370 e. The lowest BCUT2D eigenvalue weighted by atomic mass is 10.4. The van der Waals surface area contributed by atoms with Crippen LogP contribution in [0.3, 0.4) is 0 Å². The van der Waals surface area contributed by atoms with Crippen LogP contribution in [0.2, 0.25) is 0 Å². The molecule has 1 aromatic heterocycles. The Kier molecular flexibility index (Phi) is 4.99. The van der Waals surface area contributed by atoms with Crippen LogP contribution in [-0.4, -0.2) is 37.3 Å². The van der Waals surface area contributed by atoms with Crippen LogP contribution in [0.4, 0.5) is 5.82 Å². The average molecular weight is 297 g/mol. The van der Waals surface area contributed by atoms with E-state index >= 15 is 0 Å². The molecule has 1 saturated carbocycles. The second kappa shape index (κ2) is 6.54. The Hall–Kier alpha value is -1.14. The summed E-state index contributed by atoms with van der Waals surface area (Å²) in [5.74, 6) is 1.25. The molecule has 0 saturated heterocycles. The molecule has 1 heterocycles. The molecular weight excluding hydrogens is 274 g/mol. The van der Waals surface area contributed by atoms with Gasteiger partial charge in [0.05, 0.1) is 0 Å². The molecule has 0 radical (unpaired) electrons. The predicted octanol–water partition coefficient (Wildman–Crippen LogP) is 2.32. The molecule has 0 bridgehead atoms.